The van der Waals surface area contributed by atoms with Crippen LogP contribution in [0.25, 0.3) is 22.3 Å². The maximum absolute atomic E-state index is 6.41. The topological polar surface area (TPSA) is 9.23 Å². The molecule has 4 aromatic rings. The summed E-state index contributed by atoms with van der Waals surface area (Å²) in [6.07, 6.45) is 0. The molecular weight excluding hydrogens is 558 g/mol. The highest BCUT2D eigenvalue weighted by atomic mass is 127. The molecular formula is C24H16I2O. The van der Waals surface area contributed by atoms with E-state index in [2.05, 4.69) is 106 Å². The molecule has 0 aliphatic heterocycles. The van der Waals surface area contributed by atoms with Crippen LogP contribution in [0.3, 0.4) is 0 Å². The second-order valence-electron chi connectivity index (χ2n) is 6.11. The molecule has 0 unspecified atom stereocenters. The fraction of sp³-hybridized carbons (Fsp3) is 0. The quantitative estimate of drug-likeness (QED) is 0.225. The number of halogens is 2. The molecule has 0 spiro atoms. The van der Waals surface area contributed by atoms with Crippen molar-refractivity contribution in [1.82, 2.24) is 0 Å². The molecule has 0 aromatic heterocycles. The van der Waals surface area contributed by atoms with Crippen LogP contribution in [-0.2, 0) is 0 Å². The summed E-state index contributed by atoms with van der Waals surface area (Å²) >= 11 is 4.65. The molecule has 0 aliphatic carbocycles. The van der Waals surface area contributed by atoms with Crippen LogP contribution in [0.15, 0.2) is 97.1 Å². The predicted molar refractivity (Wildman–Crippen MR) is 129 cm³/mol. The molecule has 132 valence electrons. The second-order valence-corrected chi connectivity index (χ2v) is 8.60. The van der Waals surface area contributed by atoms with Crippen LogP contribution in [0.5, 0.6) is 11.5 Å². The number of rotatable bonds is 4. The molecule has 0 radical (unpaired) electrons. The summed E-state index contributed by atoms with van der Waals surface area (Å²) in [6.45, 7) is 0. The van der Waals surface area contributed by atoms with Crippen molar-refractivity contribution in [1.29, 1.82) is 0 Å². The molecule has 0 saturated carbocycles. The van der Waals surface area contributed by atoms with E-state index in [1.54, 1.807) is 0 Å². The van der Waals surface area contributed by atoms with Crippen LogP contribution in [-0.4, -0.2) is 0 Å². The monoisotopic (exact) mass is 574 g/mol. The van der Waals surface area contributed by atoms with Crippen molar-refractivity contribution in [3.8, 4) is 33.8 Å². The van der Waals surface area contributed by atoms with Gasteiger partial charge in [-0.05, 0) is 92.7 Å². The minimum atomic E-state index is 0.858. The van der Waals surface area contributed by atoms with E-state index in [1.807, 2.05) is 36.4 Å². The standard InChI is InChI=1S/C24H16I2O/c25-19-13-9-17(10-14-19)21-5-1-3-7-23(21)27-24-8-4-2-6-22(24)18-11-15-20(26)16-12-18/h1-16H. The lowest BCUT2D eigenvalue weighted by molar-refractivity contribution is 0.486. The van der Waals surface area contributed by atoms with Gasteiger partial charge in [-0.25, -0.2) is 0 Å². The molecule has 27 heavy (non-hydrogen) atoms. The van der Waals surface area contributed by atoms with E-state index in [-0.39, 0.29) is 0 Å². The maximum atomic E-state index is 6.41. The van der Waals surface area contributed by atoms with Gasteiger partial charge in [0.1, 0.15) is 11.5 Å². The summed E-state index contributed by atoms with van der Waals surface area (Å²) in [7, 11) is 0. The van der Waals surface area contributed by atoms with Crippen molar-refractivity contribution in [2.75, 3.05) is 0 Å². The molecule has 0 N–H and O–H groups in total. The first-order valence-electron chi connectivity index (χ1n) is 8.58. The Kier molecular flexibility index (Phi) is 5.78. The lowest BCUT2D eigenvalue weighted by atomic mass is 10.0. The highest BCUT2D eigenvalue weighted by molar-refractivity contribution is 14.1. The van der Waals surface area contributed by atoms with Gasteiger partial charge in [-0.3, -0.25) is 0 Å². The lowest BCUT2D eigenvalue weighted by Gasteiger charge is -2.15. The van der Waals surface area contributed by atoms with Crippen molar-refractivity contribution in [3.63, 3.8) is 0 Å². The van der Waals surface area contributed by atoms with E-state index < -0.39 is 0 Å². The summed E-state index contributed by atoms with van der Waals surface area (Å²) < 4.78 is 8.85. The van der Waals surface area contributed by atoms with Gasteiger partial charge in [0.05, 0.1) is 0 Å². The maximum Gasteiger partial charge on any atom is 0.135 e. The molecule has 0 atom stereocenters. The first-order chi connectivity index (χ1) is 13.2. The Balaban J connectivity index is 1.74. The SMILES string of the molecule is Ic1ccc(-c2ccccc2Oc2ccccc2-c2ccc(I)cc2)cc1. The number of para-hydroxylation sites is 2. The van der Waals surface area contributed by atoms with Crippen molar-refractivity contribution < 1.29 is 4.74 Å². The zero-order valence-corrected chi connectivity index (χ0v) is 18.7. The van der Waals surface area contributed by atoms with E-state index in [0.29, 0.717) is 0 Å². The molecule has 0 aliphatic rings. The third-order valence-electron chi connectivity index (χ3n) is 4.30. The van der Waals surface area contributed by atoms with E-state index in [0.717, 1.165) is 33.8 Å². The molecule has 3 heteroatoms. The summed E-state index contributed by atoms with van der Waals surface area (Å²) in [5.74, 6) is 1.72. The number of hydrogen-bond donors (Lipinski definition) is 0. The normalized spacial score (nSPS) is 10.6. The van der Waals surface area contributed by atoms with Crippen molar-refractivity contribution in [2.24, 2.45) is 0 Å². The van der Waals surface area contributed by atoms with Crippen molar-refractivity contribution in [3.05, 3.63) is 104 Å². The zero-order chi connectivity index (χ0) is 18.6. The van der Waals surface area contributed by atoms with Gasteiger partial charge in [0.2, 0.25) is 0 Å². The summed E-state index contributed by atoms with van der Waals surface area (Å²) in [4.78, 5) is 0. The Labute approximate surface area is 186 Å². The van der Waals surface area contributed by atoms with Gasteiger partial charge < -0.3 is 4.74 Å². The van der Waals surface area contributed by atoms with Crippen LogP contribution in [0.4, 0.5) is 0 Å². The van der Waals surface area contributed by atoms with Gasteiger partial charge in [0.15, 0.2) is 0 Å². The third kappa shape index (κ3) is 4.35. The van der Waals surface area contributed by atoms with E-state index in [9.17, 15) is 0 Å². The van der Waals surface area contributed by atoms with Crippen LogP contribution >= 0.6 is 45.2 Å². The molecule has 4 rings (SSSR count). The van der Waals surface area contributed by atoms with Gasteiger partial charge >= 0.3 is 0 Å². The molecule has 0 heterocycles. The average Bonchev–Trinajstić information content (AvgIpc) is 2.70. The number of benzene rings is 4. The Morgan fingerprint density at radius 2 is 0.815 bits per heavy atom. The van der Waals surface area contributed by atoms with Crippen LogP contribution in [0.2, 0.25) is 0 Å². The van der Waals surface area contributed by atoms with Crippen LogP contribution in [0, 0.1) is 7.14 Å². The fourth-order valence-electron chi connectivity index (χ4n) is 2.97. The molecule has 0 saturated heterocycles. The first kappa shape index (κ1) is 18.5. The molecule has 4 aromatic carbocycles. The largest absolute Gasteiger partial charge is 0.456 e. The zero-order valence-electron chi connectivity index (χ0n) is 14.4. The first-order valence-corrected chi connectivity index (χ1v) is 10.7. The Morgan fingerprint density at radius 3 is 1.22 bits per heavy atom. The smallest absolute Gasteiger partial charge is 0.135 e. The molecule has 0 bridgehead atoms. The third-order valence-corrected chi connectivity index (χ3v) is 5.74. The molecule has 1 nitrogen and oxygen atoms in total. The Hall–Kier alpha value is -1.86. The van der Waals surface area contributed by atoms with Gasteiger partial charge in [-0.1, -0.05) is 60.7 Å². The minimum Gasteiger partial charge on any atom is -0.456 e. The average molecular weight is 574 g/mol. The summed E-state index contributed by atoms with van der Waals surface area (Å²) in [5.41, 5.74) is 4.48. The van der Waals surface area contributed by atoms with E-state index >= 15 is 0 Å². The van der Waals surface area contributed by atoms with Gasteiger partial charge in [-0.2, -0.15) is 0 Å². The predicted octanol–water partition coefficient (Wildman–Crippen LogP) is 8.02. The molecule has 0 amide bonds. The minimum absolute atomic E-state index is 0.858. The van der Waals surface area contributed by atoms with Gasteiger partial charge in [0, 0.05) is 18.3 Å². The van der Waals surface area contributed by atoms with E-state index in [4.69, 9.17) is 4.74 Å². The van der Waals surface area contributed by atoms with Crippen LogP contribution in [0.1, 0.15) is 0 Å². The Morgan fingerprint density at radius 1 is 0.444 bits per heavy atom. The van der Waals surface area contributed by atoms with Gasteiger partial charge in [-0.15, -0.1) is 0 Å². The van der Waals surface area contributed by atoms with Crippen LogP contribution < -0.4 is 4.74 Å². The lowest BCUT2D eigenvalue weighted by Crippen LogP contribution is -1.91. The highest BCUT2D eigenvalue weighted by Gasteiger charge is 2.11. The van der Waals surface area contributed by atoms with E-state index in [1.165, 1.54) is 7.14 Å². The summed E-state index contributed by atoms with van der Waals surface area (Å²) in [5, 5.41) is 0. The number of hydrogen-bond acceptors (Lipinski definition) is 1. The summed E-state index contributed by atoms with van der Waals surface area (Å²) in [6, 6.07) is 33.4. The Bertz CT molecular complexity index is 967. The number of ether oxygens (including phenoxy) is 1. The van der Waals surface area contributed by atoms with Crippen molar-refractivity contribution >= 4 is 45.2 Å². The van der Waals surface area contributed by atoms with Gasteiger partial charge in [0.25, 0.3) is 0 Å². The molecule has 0 fully saturated rings. The van der Waals surface area contributed by atoms with Crippen molar-refractivity contribution in [2.45, 2.75) is 0 Å². The second kappa shape index (κ2) is 8.44. The fourth-order valence-corrected chi connectivity index (χ4v) is 3.68. The highest BCUT2D eigenvalue weighted by Crippen LogP contribution is 2.38.